The summed E-state index contributed by atoms with van der Waals surface area (Å²) in [4.78, 5) is 26.2. The van der Waals surface area contributed by atoms with E-state index >= 15 is 0 Å². The molecule has 0 atom stereocenters. The summed E-state index contributed by atoms with van der Waals surface area (Å²) >= 11 is 1.55. The van der Waals surface area contributed by atoms with Gasteiger partial charge in [-0.25, -0.2) is 0 Å². The molecule has 0 radical (unpaired) electrons. The molecule has 2 aromatic rings. The van der Waals surface area contributed by atoms with Crippen LogP contribution in [-0.4, -0.2) is 39.7 Å². The Morgan fingerprint density at radius 1 is 0.963 bits per heavy atom. The van der Waals surface area contributed by atoms with Crippen LogP contribution in [0.4, 0.5) is 0 Å². The second-order valence-corrected chi connectivity index (χ2v) is 7.40. The maximum Gasteiger partial charge on any atom is 0.306 e. The molecular weight excluding hydrogens is 368 g/mol. The molecule has 0 amide bonds. The van der Waals surface area contributed by atoms with Gasteiger partial charge in [-0.2, -0.15) is 0 Å². The van der Waals surface area contributed by atoms with E-state index in [0.717, 1.165) is 15.3 Å². The highest BCUT2D eigenvalue weighted by Gasteiger charge is 2.16. The first kappa shape index (κ1) is 20.8. The average molecular weight is 392 g/mol. The van der Waals surface area contributed by atoms with Crippen molar-refractivity contribution in [1.82, 2.24) is 0 Å². The molecule has 0 N–H and O–H groups in total. The minimum atomic E-state index is -0.429. The average Bonchev–Trinajstić information content (AvgIpc) is 3.01. The van der Waals surface area contributed by atoms with Crippen LogP contribution in [0.1, 0.15) is 32.1 Å². The monoisotopic (exact) mass is 392 g/mol. The molecule has 1 aromatic heterocycles. The van der Waals surface area contributed by atoms with Crippen molar-refractivity contribution < 1.29 is 28.5 Å². The zero-order chi connectivity index (χ0) is 20.0. The van der Waals surface area contributed by atoms with Gasteiger partial charge in [0.2, 0.25) is 11.5 Å². The van der Waals surface area contributed by atoms with Crippen LogP contribution in [0.3, 0.4) is 0 Å². The minimum absolute atomic E-state index is 0.146. The van der Waals surface area contributed by atoms with Crippen LogP contribution in [0.2, 0.25) is 0 Å². The van der Waals surface area contributed by atoms with E-state index in [1.807, 2.05) is 19.9 Å². The van der Waals surface area contributed by atoms with Gasteiger partial charge in [0.05, 0.1) is 21.3 Å². The standard InChI is InChI=1S/C20H24O6S/c1-12-8-15(13(2)27-12)16(21)11-26-19(22)7-6-14-9-17(23-3)20(25-5)18(10-14)24-4/h8-10H,6-7,11H2,1-5H3. The first-order chi connectivity index (χ1) is 12.9. The number of rotatable bonds is 9. The van der Waals surface area contributed by atoms with E-state index in [1.54, 1.807) is 23.5 Å². The molecule has 0 unspecified atom stereocenters. The van der Waals surface area contributed by atoms with E-state index in [-0.39, 0.29) is 18.8 Å². The second kappa shape index (κ2) is 9.41. The number of thiophene rings is 1. The number of ether oxygens (including phenoxy) is 4. The van der Waals surface area contributed by atoms with Crippen molar-refractivity contribution in [3.05, 3.63) is 39.1 Å². The van der Waals surface area contributed by atoms with Crippen molar-refractivity contribution in [3.8, 4) is 17.2 Å². The molecule has 0 spiro atoms. The summed E-state index contributed by atoms with van der Waals surface area (Å²) in [6.07, 6.45) is 0.577. The molecule has 0 aliphatic rings. The summed E-state index contributed by atoms with van der Waals surface area (Å²) in [6, 6.07) is 5.40. The highest BCUT2D eigenvalue weighted by Crippen LogP contribution is 2.38. The fourth-order valence-corrected chi connectivity index (χ4v) is 3.67. The molecule has 2 rings (SSSR count). The molecule has 6 nitrogen and oxygen atoms in total. The Kier molecular flexibility index (Phi) is 7.24. The lowest BCUT2D eigenvalue weighted by atomic mass is 10.1. The number of benzene rings is 1. The van der Waals surface area contributed by atoms with Crippen LogP contribution >= 0.6 is 11.3 Å². The smallest absolute Gasteiger partial charge is 0.306 e. The van der Waals surface area contributed by atoms with E-state index in [9.17, 15) is 9.59 Å². The Hall–Kier alpha value is -2.54. The van der Waals surface area contributed by atoms with Crippen LogP contribution in [0.5, 0.6) is 17.2 Å². The number of hydrogen-bond donors (Lipinski definition) is 0. The molecule has 7 heteroatoms. The molecule has 1 heterocycles. The lowest BCUT2D eigenvalue weighted by Crippen LogP contribution is -2.14. The molecule has 0 saturated heterocycles. The van der Waals surface area contributed by atoms with Crippen molar-refractivity contribution in [1.29, 1.82) is 0 Å². The Balaban J connectivity index is 1.93. The summed E-state index contributed by atoms with van der Waals surface area (Å²) in [7, 11) is 4.61. The third kappa shape index (κ3) is 5.23. The fraction of sp³-hybridized carbons (Fsp3) is 0.400. The van der Waals surface area contributed by atoms with E-state index in [1.165, 1.54) is 21.3 Å². The van der Waals surface area contributed by atoms with Gasteiger partial charge in [-0.05, 0) is 44.0 Å². The van der Waals surface area contributed by atoms with Crippen molar-refractivity contribution in [2.45, 2.75) is 26.7 Å². The van der Waals surface area contributed by atoms with E-state index in [2.05, 4.69) is 0 Å². The van der Waals surface area contributed by atoms with Crippen LogP contribution in [0, 0.1) is 13.8 Å². The number of methoxy groups -OCH3 is 3. The molecular formula is C20H24O6S. The van der Waals surface area contributed by atoms with Crippen LogP contribution in [0.25, 0.3) is 0 Å². The summed E-state index contributed by atoms with van der Waals surface area (Å²) in [5.41, 5.74) is 1.46. The minimum Gasteiger partial charge on any atom is -0.493 e. The molecule has 1 aromatic carbocycles. The molecule has 27 heavy (non-hydrogen) atoms. The van der Waals surface area contributed by atoms with Gasteiger partial charge in [-0.15, -0.1) is 11.3 Å². The van der Waals surface area contributed by atoms with Crippen molar-refractivity contribution in [2.24, 2.45) is 0 Å². The van der Waals surface area contributed by atoms with Gasteiger partial charge in [-0.1, -0.05) is 0 Å². The van der Waals surface area contributed by atoms with Crippen molar-refractivity contribution in [2.75, 3.05) is 27.9 Å². The number of carbonyl (C=O) groups excluding carboxylic acids is 2. The van der Waals surface area contributed by atoms with Gasteiger partial charge in [0.1, 0.15) is 0 Å². The van der Waals surface area contributed by atoms with Gasteiger partial charge in [0.15, 0.2) is 18.1 Å². The van der Waals surface area contributed by atoms with E-state index in [0.29, 0.717) is 29.2 Å². The number of carbonyl (C=O) groups is 2. The number of Topliss-reactive ketones (excluding diaryl/α,β-unsaturated/α-hetero) is 1. The maximum absolute atomic E-state index is 12.2. The van der Waals surface area contributed by atoms with Gasteiger partial charge < -0.3 is 18.9 Å². The van der Waals surface area contributed by atoms with Crippen LogP contribution < -0.4 is 14.2 Å². The predicted molar refractivity (Wildman–Crippen MR) is 104 cm³/mol. The Labute approximate surface area is 163 Å². The van der Waals surface area contributed by atoms with Gasteiger partial charge in [0.25, 0.3) is 0 Å². The van der Waals surface area contributed by atoms with Gasteiger partial charge >= 0.3 is 5.97 Å². The topological polar surface area (TPSA) is 71.1 Å². The third-order valence-electron chi connectivity index (χ3n) is 4.05. The quantitative estimate of drug-likeness (QED) is 0.478. The van der Waals surface area contributed by atoms with Crippen LogP contribution in [0.15, 0.2) is 18.2 Å². The van der Waals surface area contributed by atoms with Crippen molar-refractivity contribution in [3.63, 3.8) is 0 Å². The van der Waals surface area contributed by atoms with Crippen molar-refractivity contribution >= 4 is 23.1 Å². The zero-order valence-electron chi connectivity index (χ0n) is 16.2. The molecule has 0 bridgehead atoms. The Morgan fingerprint density at radius 3 is 2.07 bits per heavy atom. The molecule has 146 valence electrons. The Morgan fingerprint density at radius 2 is 1.59 bits per heavy atom. The Bertz CT molecular complexity index is 799. The number of esters is 1. The van der Waals surface area contributed by atoms with Gasteiger partial charge in [-0.3, -0.25) is 9.59 Å². The zero-order valence-corrected chi connectivity index (χ0v) is 17.0. The normalized spacial score (nSPS) is 10.4. The lowest BCUT2D eigenvalue weighted by Gasteiger charge is -2.14. The SMILES string of the molecule is COc1cc(CCC(=O)OCC(=O)c2cc(C)sc2C)cc(OC)c1OC. The number of hydrogen-bond acceptors (Lipinski definition) is 7. The number of ketones is 1. The summed E-state index contributed by atoms with van der Waals surface area (Å²) in [5.74, 6) is 0.940. The molecule has 0 fully saturated rings. The highest BCUT2D eigenvalue weighted by atomic mass is 32.1. The molecule has 0 aliphatic carbocycles. The lowest BCUT2D eigenvalue weighted by molar-refractivity contribution is -0.142. The first-order valence-electron chi connectivity index (χ1n) is 8.44. The third-order valence-corrected chi connectivity index (χ3v) is 5.01. The summed E-state index contributed by atoms with van der Waals surface area (Å²) in [5, 5.41) is 0. The maximum atomic E-state index is 12.2. The second-order valence-electron chi connectivity index (χ2n) is 5.94. The highest BCUT2D eigenvalue weighted by molar-refractivity contribution is 7.12. The largest absolute Gasteiger partial charge is 0.493 e. The first-order valence-corrected chi connectivity index (χ1v) is 9.26. The number of aryl methyl sites for hydroxylation is 3. The molecule has 0 aliphatic heterocycles. The fourth-order valence-electron chi connectivity index (χ4n) is 2.73. The summed E-state index contributed by atoms with van der Waals surface area (Å²) in [6.45, 7) is 3.58. The summed E-state index contributed by atoms with van der Waals surface area (Å²) < 4.78 is 21.0. The van der Waals surface area contributed by atoms with E-state index in [4.69, 9.17) is 18.9 Å². The van der Waals surface area contributed by atoms with Crippen LogP contribution in [-0.2, 0) is 16.0 Å². The predicted octanol–water partition coefficient (Wildman–Crippen LogP) is 3.75. The van der Waals surface area contributed by atoms with E-state index < -0.39 is 5.97 Å². The molecule has 0 saturated carbocycles. The van der Waals surface area contributed by atoms with Gasteiger partial charge in [0, 0.05) is 21.7 Å².